The number of imidazole rings is 1. The summed E-state index contributed by atoms with van der Waals surface area (Å²) in [4.78, 5) is 4.24. The van der Waals surface area contributed by atoms with Crippen LogP contribution in [0.25, 0.3) is 0 Å². The third-order valence-corrected chi connectivity index (χ3v) is 3.28. The molecule has 0 aliphatic heterocycles. The third kappa shape index (κ3) is 4.15. The summed E-state index contributed by atoms with van der Waals surface area (Å²) in [5, 5.41) is 0. The molecule has 2 N–H and O–H groups in total. The van der Waals surface area contributed by atoms with Crippen LogP contribution in [0.2, 0.25) is 0 Å². The average molecular weight is 237 g/mol. The molecule has 1 unspecified atom stereocenters. The van der Waals surface area contributed by atoms with E-state index in [9.17, 15) is 0 Å². The topological polar surface area (TPSA) is 43.8 Å². The standard InChI is InChI=1S/C14H27N3/c1-5-6-7-8-9-12(2)17-11-16-10-13(17)14(3,4)15/h10-12H,5-9,15H2,1-4H3. The Hall–Kier alpha value is -0.830. The van der Waals surface area contributed by atoms with Crippen molar-refractivity contribution in [2.24, 2.45) is 5.73 Å². The molecule has 0 aliphatic carbocycles. The number of nitrogens with two attached hydrogens (primary N) is 1. The van der Waals surface area contributed by atoms with Crippen molar-refractivity contribution in [2.45, 2.75) is 71.4 Å². The molecule has 0 radical (unpaired) electrons. The molecule has 1 aromatic rings. The van der Waals surface area contributed by atoms with Gasteiger partial charge in [-0.1, -0.05) is 32.6 Å². The first-order valence-electron chi connectivity index (χ1n) is 6.78. The lowest BCUT2D eigenvalue weighted by Crippen LogP contribution is -2.32. The van der Waals surface area contributed by atoms with Crippen molar-refractivity contribution in [2.75, 3.05) is 0 Å². The van der Waals surface area contributed by atoms with Crippen LogP contribution in [0.15, 0.2) is 12.5 Å². The zero-order valence-electron chi connectivity index (χ0n) is 11.7. The zero-order chi connectivity index (χ0) is 12.9. The van der Waals surface area contributed by atoms with Gasteiger partial charge in [-0.05, 0) is 27.2 Å². The summed E-state index contributed by atoms with van der Waals surface area (Å²) in [6.45, 7) is 8.56. The fourth-order valence-electron chi connectivity index (χ4n) is 2.16. The van der Waals surface area contributed by atoms with Gasteiger partial charge in [0.25, 0.3) is 0 Å². The highest BCUT2D eigenvalue weighted by Crippen LogP contribution is 2.23. The molecule has 0 saturated heterocycles. The molecular formula is C14H27N3. The van der Waals surface area contributed by atoms with Crippen LogP contribution in [0.4, 0.5) is 0 Å². The molecule has 3 heteroatoms. The van der Waals surface area contributed by atoms with Gasteiger partial charge in [0.2, 0.25) is 0 Å². The molecule has 1 heterocycles. The van der Waals surface area contributed by atoms with Gasteiger partial charge >= 0.3 is 0 Å². The summed E-state index contributed by atoms with van der Waals surface area (Å²) < 4.78 is 2.23. The number of hydrogen-bond donors (Lipinski definition) is 1. The maximum atomic E-state index is 6.16. The van der Waals surface area contributed by atoms with Crippen LogP contribution in [-0.4, -0.2) is 9.55 Å². The molecule has 0 saturated carbocycles. The second kappa shape index (κ2) is 6.20. The highest BCUT2D eigenvalue weighted by Gasteiger charge is 2.21. The molecule has 3 nitrogen and oxygen atoms in total. The van der Waals surface area contributed by atoms with Crippen molar-refractivity contribution in [3.05, 3.63) is 18.2 Å². The molecule has 0 bridgehead atoms. The Kier molecular flexibility index (Phi) is 5.19. The monoisotopic (exact) mass is 237 g/mol. The van der Waals surface area contributed by atoms with E-state index in [1.54, 1.807) is 0 Å². The number of unbranched alkanes of at least 4 members (excludes halogenated alkanes) is 3. The second-order valence-electron chi connectivity index (χ2n) is 5.61. The highest BCUT2D eigenvalue weighted by atomic mass is 15.1. The first-order valence-corrected chi connectivity index (χ1v) is 6.78. The Labute approximate surface area is 105 Å². The minimum absolute atomic E-state index is 0.311. The highest BCUT2D eigenvalue weighted by molar-refractivity contribution is 5.10. The number of aromatic nitrogens is 2. The third-order valence-electron chi connectivity index (χ3n) is 3.28. The molecule has 0 spiro atoms. The molecule has 1 aromatic heterocycles. The van der Waals surface area contributed by atoms with Gasteiger partial charge in [0.15, 0.2) is 0 Å². The number of hydrogen-bond acceptors (Lipinski definition) is 2. The van der Waals surface area contributed by atoms with Crippen molar-refractivity contribution < 1.29 is 0 Å². The van der Waals surface area contributed by atoms with Gasteiger partial charge in [-0.2, -0.15) is 0 Å². The van der Waals surface area contributed by atoms with E-state index in [-0.39, 0.29) is 5.54 Å². The molecule has 0 aliphatic rings. The molecule has 1 rings (SSSR count). The Bertz CT molecular complexity index is 322. The van der Waals surface area contributed by atoms with Crippen LogP contribution < -0.4 is 5.73 Å². The second-order valence-corrected chi connectivity index (χ2v) is 5.61. The summed E-state index contributed by atoms with van der Waals surface area (Å²) >= 11 is 0. The zero-order valence-corrected chi connectivity index (χ0v) is 11.7. The first kappa shape index (κ1) is 14.2. The van der Waals surface area contributed by atoms with Gasteiger partial charge < -0.3 is 10.3 Å². The maximum absolute atomic E-state index is 6.16. The molecular weight excluding hydrogens is 210 g/mol. The summed E-state index contributed by atoms with van der Waals surface area (Å²) in [5.41, 5.74) is 6.97. The molecule has 0 aromatic carbocycles. The van der Waals surface area contributed by atoms with Gasteiger partial charge in [0.1, 0.15) is 0 Å². The number of nitrogens with zero attached hydrogens (tertiary/aromatic N) is 2. The molecule has 0 fully saturated rings. The molecule has 17 heavy (non-hydrogen) atoms. The van der Waals surface area contributed by atoms with Crippen molar-refractivity contribution in [1.82, 2.24) is 9.55 Å². The Balaban J connectivity index is 2.57. The molecule has 0 amide bonds. The van der Waals surface area contributed by atoms with Crippen molar-refractivity contribution >= 4 is 0 Å². The average Bonchev–Trinajstić information content (AvgIpc) is 2.72. The Morgan fingerprint density at radius 1 is 1.35 bits per heavy atom. The summed E-state index contributed by atoms with van der Waals surface area (Å²) in [7, 11) is 0. The van der Waals surface area contributed by atoms with Gasteiger partial charge in [0.05, 0.1) is 17.6 Å². The van der Waals surface area contributed by atoms with Crippen LogP contribution in [0.3, 0.4) is 0 Å². The normalized spacial score (nSPS) is 13.9. The summed E-state index contributed by atoms with van der Waals surface area (Å²) in [6.07, 6.45) is 10.3. The summed E-state index contributed by atoms with van der Waals surface area (Å²) in [5.74, 6) is 0. The smallest absolute Gasteiger partial charge is 0.0951 e. The van der Waals surface area contributed by atoms with Crippen LogP contribution >= 0.6 is 0 Å². The predicted molar refractivity (Wildman–Crippen MR) is 72.9 cm³/mol. The number of rotatable bonds is 7. The predicted octanol–water partition coefficient (Wildman–Crippen LogP) is 3.61. The van der Waals surface area contributed by atoms with E-state index in [1.165, 1.54) is 32.1 Å². The van der Waals surface area contributed by atoms with Gasteiger partial charge in [-0.3, -0.25) is 0 Å². The lowest BCUT2D eigenvalue weighted by Gasteiger charge is -2.24. The maximum Gasteiger partial charge on any atom is 0.0951 e. The van der Waals surface area contributed by atoms with Crippen molar-refractivity contribution in [3.63, 3.8) is 0 Å². The Morgan fingerprint density at radius 2 is 2.06 bits per heavy atom. The van der Waals surface area contributed by atoms with Crippen LogP contribution in [-0.2, 0) is 5.54 Å². The lowest BCUT2D eigenvalue weighted by molar-refractivity contribution is 0.419. The largest absolute Gasteiger partial charge is 0.330 e. The van der Waals surface area contributed by atoms with Crippen LogP contribution in [0.5, 0.6) is 0 Å². The minimum Gasteiger partial charge on any atom is -0.330 e. The minimum atomic E-state index is -0.311. The van der Waals surface area contributed by atoms with Crippen LogP contribution in [0, 0.1) is 0 Å². The quantitative estimate of drug-likeness (QED) is 0.736. The fourth-order valence-corrected chi connectivity index (χ4v) is 2.16. The van der Waals surface area contributed by atoms with E-state index in [4.69, 9.17) is 5.73 Å². The van der Waals surface area contributed by atoms with E-state index in [2.05, 4.69) is 23.4 Å². The first-order chi connectivity index (χ1) is 7.96. The van der Waals surface area contributed by atoms with Gasteiger partial charge in [-0.25, -0.2) is 4.98 Å². The summed E-state index contributed by atoms with van der Waals surface area (Å²) in [6, 6.07) is 0.493. The van der Waals surface area contributed by atoms with E-state index in [1.807, 2.05) is 26.4 Å². The molecule has 1 atom stereocenters. The van der Waals surface area contributed by atoms with Gasteiger partial charge in [0, 0.05) is 12.2 Å². The van der Waals surface area contributed by atoms with Crippen LogP contribution in [0.1, 0.15) is 71.5 Å². The Morgan fingerprint density at radius 3 is 2.65 bits per heavy atom. The van der Waals surface area contributed by atoms with Gasteiger partial charge in [-0.15, -0.1) is 0 Å². The lowest BCUT2D eigenvalue weighted by atomic mass is 10.0. The van der Waals surface area contributed by atoms with E-state index in [0.717, 1.165) is 5.69 Å². The van der Waals surface area contributed by atoms with Crippen molar-refractivity contribution in [1.29, 1.82) is 0 Å². The van der Waals surface area contributed by atoms with Crippen molar-refractivity contribution in [3.8, 4) is 0 Å². The van der Waals surface area contributed by atoms with E-state index >= 15 is 0 Å². The molecule has 98 valence electrons. The van der Waals surface area contributed by atoms with E-state index < -0.39 is 0 Å². The SMILES string of the molecule is CCCCCCC(C)n1cncc1C(C)(C)N. The fraction of sp³-hybridized carbons (Fsp3) is 0.786. The van der Waals surface area contributed by atoms with E-state index in [0.29, 0.717) is 6.04 Å².